The third-order valence-electron chi connectivity index (χ3n) is 4.30. The first-order valence-electron chi connectivity index (χ1n) is 8.21. The Balaban J connectivity index is 1.65. The first-order chi connectivity index (χ1) is 11.2. The van der Waals surface area contributed by atoms with Gasteiger partial charge in [-0.3, -0.25) is 4.79 Å². The highest BCUT2D eigenvalue weighted by Gasteiger charge is 2.14. The molecule has 1 amide bonds. The third-order valence-corrected chi connectivity index (χ3v) is 4.30. The lowest BCUT2D eigenvalue weighted by molar-refractivity contribution is 0.102. The highest BCUT2D eigenvalue weighted by molar-refractivity contribution is 6.04. The van der Waals surface area contributed by atoms with E-state index in [9.17, 15) is 4.79 Å². The van der Waals surface area contributed by atoms with Gasteiger partial charge in [0.2, 0.25) is 0 Å². The third kappa shape index (κ3) is 4.11. The minimum Gasteiger partial charge on any atom is -0.382 e. The summed E-state index contributed by atoms with van der Waals surface area (Å²) in [6.45, 7) is 0.483. The zero-order valence-electron chi connectivity index (χ0n) is 13.2. The number of nitrogens with one attached hydrogen (secondary N) is 2. The quantitative estimate of drug-likeness (QED) is 0.788. The van der Waals surface area contributed by atoms with Crippen LogP contribution in [0.3, 0.4) is 0 Å². The second-order valence-corrected chi connectivity index (χ2v) is 6.06. The molecule has 4 heteroatoms. The number of anilines is 2. The molecule has 2 aromatic rings. The Hall–Kier alpha value is -2.33. The molecule has 0 unspecified atom stereocenters. The van der Waals surface area contributed by atoms with Crippen molar-refractivity contribution in [3.63, 3.8) is 0 Å². The van der Waals surface area contributed by atoms with E-state index in [0.717, 1.165) is 16.9 Å². The zero-order valence-corrected chi connectivity index (χ0v) is 13.2. The van der Waals surface area contributed by atoms with Crippen LogP contribution in [-0.2, 0) is 6.54 Å². The highest BCUT2D eigenvalue weighted by Crippen LogP contribution is 2.24. The van der Waals surface area contributed by atoms with E-state index in [1.165, 1.54) is 25.7 Å². The molecule has 1 aliphatic rings. The van der Waals surface area contributed by atoms with Gasteiger partial charge in [-0.2, -0.15) is 0 Å². The standard InChI is InChI=1S/C19H23N3O/c20-13-14-8-10-15(11-9-14)19(23)22-18-7-3-6-17(12-18)21-16-4-1-2-5-16/h3,6-12,16,21H,1-2,4-5,13,20H2,(H,22,23). The number of carbonyl (C=O) groups excluding carboxylic acids is 1. The van der Waals surface area contributed by atoms with Gasteiger partial charge in [0.15, 0.2) is 0 Å². The van der Waals surface area contributed by atoms with Gasteiger partial charge >= 0.3 is 0 Å². The molecule has 0 spiro atoms. The average molecular weight is 309 g/mol. The number of carbonyl (C=O) groups is 1. The summed E-state index contributed by atoms with van der Waals surface area (Å²) in [5, 5.41) is 6.49. The topological polar surface area (TPSA) is 67.2 Å². The fourth-order valence-corrected chi connectivity index (χ4v) is 2.99. The predicted molar refractivity (Wildman–Crippen MR) is 94.6 cm³/mol. The zero-order chi connectivity index (χ0) is 16.1. The number of hydrogen-bond acceptors (Lipinski definition) is 3. The normalized spacial score (nSPS) is 14.7. The molecule has 0 atom stereocenters. The number of nitrogens with two attached hydrogens (primary N) is 1. The number of rotatable bonds is 5. The summed E-state index contributed by atoms with van der Waals surface area (Å²) in [5.41, 5.74) is 9.10. The van der Waals surface area contributed by atoms with Gasteiger partial charge < -0.3 is 16.4 Å². The fourth-order valence-electron chi connectivity index (χ4n) is 2.99. The summed E-state index contributed by atoms with van der Waals surface area (Å²) in [4.78, 5) is 12.3. The summed E-state index contributed by atoms with van der Waals surface area (Å²) < 4.78 is 0. The van der Waals surface area contributed by atoms with Crippen molar-refractivity contribution < 1.29 is 4.79 Å². The molecule has 0 radical (unpaired) electrons. The lowest BCUT2D eigenvalue weighted by Gasteiger charge is -2.14. The van der Waals surface area contributed by atoms with E-state index in [4.69, 9.17) is 5.73 Å². The molecule has 2 aromatic carbocycles. The van der Waals surface area contributed by atoms with Crippen LogP contribution < -0.4 is 16.4 Å². The van der Waals surface area contributed by atoms with Crippen molar-refractivity contribution in [2.24, 2.45) is 5.73 Å². The molecule has 23 heavy (non-hydrogen) atoms. The summed E-state index contributed by atoms with van der Waals surface area (Å²) >= 11 is 0. The van der Waals surface area contributed by atoms with Gasteiger partial charge in [0.05, 0.1) is 0 Å². The van der Waals surface area contributed by atoms with Crippen molar-refractivity contribution in [1.82, 2.24) is 0 Å². The Bertz CT molecular complexity index is 661. The first-order valence-corrected chi connectivity index (χ1v) is 8.21. The van der Waals surface area contributed by atoms with Crippen molar-refractivity contribution >= 4 is 17.3 Å². The molecule has 1 saturated carbocycles. The fraction of sp³-hybridized carbons (Fsp3) is 0.316. The summed E-state index contributed by atoms with van der Waals surface area (Å²) in [5.74, 6) is -0.105. The lowest BCUT2D eigenvalue weighted by Crippen LogP contribution is -2.15. The van der Waals surface area contributed by atoms with Crippen LogP contribution in [-0.4, -0.2) is 11.9 Å². The molecule has 4 nitrogen and oxygen atoms in total. The Morgan fingerprint density at radius 2 is 1.74 bits per heavy atom. The number of amides is 1. The number of benzene rings is 2. The second-order valence-electron chi connectivity index (χ2n) is 6.06. The van der Waals surface area contributed by atoms with E-state index in [0.29, 0.717) is 18.2 Å². The molecule has 0 saturated heterocycles. The van der Waals surface area contributed by atoms with Crippen molar-refractivity contribution in [2.75, 3.05) is 10.6 Å². The summed E-state index contributed by atoms with van der Waals surface area (Å²) in [6.07, 6.45) is 5.05. The van der Waals surface area contributed by atoms with E-state index in [2.05, 4.69) is 10.6 Å². The Kier molecular flexibility index (Phi) is 4.93. The van der Waals surface area contributed by atoms with Crippen LogP contribution in [0.25, 0.3) is 0 Å². The molecule has 1 aliphatic carbocycles. The molecular formula is C19H23N3O. The molecule has 120 valence electrons. The molecule has 4 N–H and O–H groups in total. The van der Waals surface area contributed by atoms with Gasteiger partial charge in [0, 0.05) is 29.5 Å². The van der Waals surface area contributed by atoms with Gasteiger partial charge in [0.1, 0.15) is 0 Å². The van der Waals surface area contributed by atoms with Crippen LogP contribution in [0.1, 0.15) is 41.6 Å². The van der Waals surface area contributed by atoms with Crippen molar-refractivity contribution in [3.8, 4) is 0 Å². The molecule has 0 aromatic heterocycles. The maximum absolute atomic E-state index is 12.3. The summed E-state index contributed by atoms with van der Waals surface area (Å²) in [6, 6.07) is 15.8. The van der Waals surface area contributed by atoms with E-state index in [-0.39, 0.29) is 5.91 Å². The van der Waals surface area contributed by atoms with E-state index < -0.39 is 0 Å². The van der Waals surface area contributed by atoms with E-state index in [1.54, 1.807) is 12.1 Å². The maximum Gasteiger partial charge on any atom is 0.255 e. The SMILES string of the molecule is NCc1ccc(C(=O)Nc2cccc(NC3CCCC3)c2)cc1. The molecule has 0 bridgehead atoms. The van der Waals surface area contributed by atoms with Gasteiger partial charge in [-0.15, -0.1) is 0 Å². The molecule has 0 heterocycles. The van der Waals surface area contributed by atoms with Crippen LogP contribution in [0, 0.1) is 0 Å². The van der Waals surface area contributed by atoms with Gasteiger partial charge in [0.25, 0.3) is 5.91 Å². The van der Waals surface area contributed by atoms with Crippen LogP contribution in [0.2, 0.25) is 0 Å². The lowest BCUT2D eigenvalue weighted by atomic mass is 10.1. The monoisotopic (exact) mass is 309 g/mol. The maximum atomic E-state index is 12.3. The van der Waals surface area contributed by atoms with Crippen LogP contribution >= 0.6 is 0 Å². The minimum atomic E-state index is -0.105. The van der Waals surface area contributed by atoms with Gasteiger partial charge in [-0.25, -0.2) is 0 Å². The largest absolute Gasteiger partial charge is 0.382 e. The van der Waals surface area contributed by atoms with Crippen molar-refractivity contribution in [1.29, 1.82) is 0 Å². The molecule has 0 aliphatic heterocycles. The Morgan fingerprint density at radius 3 is 2.43 bits per heavy atom. The van der Waals surface area contributed by atoms with Crippen LogP contribution in [0.5, 0.6) is 0 Å². The molecule has 3 rings (SSSR count). The minimum absolute atomic E-state index is 0.105. The average Bonchev–Trinajstić information content (AvgIpc) is 3.08. The van der Waals surface area contributed by atoms with Crippen LogP contribution in [0.15, 0.2) is 48.5 Å². The molecule has 1 fully saturated rings. The first kappa shape index (κ1) is 15.6. The van der Waals surface area contributed by atoms with E-state index in [1.807, 2.05) is 36.4 Å². The Labute approximate surface area is 137 Å². The smallest absolute Gasteiger partial charge is 0.255 e. The van der Waals surface area contributed by atoms with Crippen molar-refractivity contribution in [3.05, 3.63) is 59.7 Å². The molecular weight excluding hydrogens is 286 g/mol. The predicted octanol–water partition coefficient (Wildman–Crippen LogP) is 3.75. The second kappa shape index (κ2) is 7.29. The van der Waals surface area contributed by atoms with Crippen molar-refractivity contribution in [2.45, 2.75) is 38.3 Å². The van der Waals surface area contributed by atoms with Gasteiger partial charge in [-0.05, 0) is 48.7 Å². The van der Waals surface area contributed by atoms with Crippen LogP contribution in [0.4, 0.5) is 11.4 Å². The Morgan fingerprint density at radius 1 is 1.04 bits per heavy atom. The summed E-state index contributed by atoms with van der Waals surface area (Å²) in [7, 11) is 0. The van der Waals surface area contributed by atoms with E-state index >= 15 is 0 Å². The number of hydrogen-bond donors (Lipinski definition) is 3. The van der Waals surface area contributed by atoms with Gasteiger partial charge in [-0.1, -0.05) is 31.0 Å². The highest BCUT2D eigenvalue weighted by atomic mass is 16.1.